The van der Waals surface area contributed by atoms with Crippen molar-refractivity contribution in [3.8, 4) is 0 Å². The predicted molar refractivity (Wildman–Crippen MR) is 179 cm³/mol. The molecule has 2 atom stereocenters. The Morgan fingerprint density at radius 3 is 2.18 bits per heavy atom. The summed E-state index contributed by atoms with van der Waals surface area (Å²) in [6, 6.07) is 7.01. The molecule has 2 heterocycles. The first-order valence-corrected chi connectivity index (χ1v) is 17.4. The second-order valence-electron chi connectivity index (χ2n) is 15.4. The summed E-state index contributed by atoms with van der Waals surface area (Å²) in [6.07, 6.45) is 9.17. The second-order valence-corrected chi connectivity index (χ2v) is 15.9. The zero-order chi connectivity index (χ0) is 32.8. The van der Waals surface area contributed by atoms with Crippen molar-refractivity contribution >= 4 is 29.5 Å². The minimum Gasteiger partial charge on any atom is -0.444 e. The summed E-state index contributed by atoms with van der Waals surface area (Å²) < 4.78 is 5.65. The van der Waals surface area contributed by atoms with E-state index in [9.17, 15) is 14.4 Å². The third-order valence-electron chi connectivity index (χ3n) is 9.53. The maximum absolute atomic E-state index is 13.8. The molecular formula is C35H56ClN5O4. The molecule has 1 aliphatic carbocycles. The lowest BCUT2D eigenvalue weighted by molar-refractivity contribution is -0.143. The number of hydrogen-bond acceptors (Lipinski definition) is 6. The van der Waals surface area contributed by atoms with Gasteiger partial charge in [-0.15, -0.1) is 0 Å². The van der Waals surface area contributed by atoms with Gasteiger partial charge in [0.1, 0.15) is 5.60 Å². The van der Waals surface area contributed by atoms with Gasteiger partial charge in [0.05, 0.1) is 11.5 Å². The first-order chi connectivity index (χ1) is 21.1. The summed E-state index contributed by atoms with van der Waals surface area (Å²) in [5.74, 6) is 0.433. The van der Waals surface area contributed by atoms with Crippen LogP contribution in [0.15, 0.2) is 24.3 Å². The number of carbonyl (C=O) groups is 3. The molecule has 4 rings (SSSR count). The summed E-state index contributed by atoms with van der Waals surface area (Å²) in [4.78, 5) is 42.3. The Morgan fingerprint density at radius 1 is 0.933 bits per heavy atom. The van der Waals surface area contributed by atoms with Crippen LogP contribution in [0.1, 0.15) is 105 Å². The molecule has 0 radical (unpaired) electrons. The number of ether oxygens (including phenoxy) is 1. The first-order valence-electron chi connectivity index (χ1n) is 17.0. The number of benzene rings is 1. The standard InChI is InChI=1S/C35H56ClN5O4/c1-33(2,3)38-31(43)35(26-11-8-7-9-12-26)18-21-40(22-19-35)39-30(42)29(23-25-14-16-27(36)17-15-25)37-24-28-13-10-20-41(28)32(44)45-34(4,5)6/h14-17,26,28-29,37H,7-13,18-24H2,1-6H3,(H,38,43)(H,39,42)/t28?,29-/m1/s1. The zero-order valence-electron chi connectivity index (χ0n) is 28.3. The number of amides is 3. The number of nitrogens with zero attached hydrogens (tertiary/aromatic N) is 2. The second kappa shape index (κ2) is 15.0. The molecule has 0 spiro atoms. The molecule has 3 amide bonds. The van der Waals surface area contributed by atoms with E-state index in [0.717, 1.165) is 44.1 Å². The third kappa shape index (κ3) is 10.1. The van der Waals surface area contributed by atoms with Crippen LogP contribution < -0.4 is 16.1 Å². The minimum atomic E-state index is -0.564. The Kier molecular flexibility index (Phi) is 11.9. The van der Waals surface area contributed by atoms with Crippen LogP contribution in [0, 0.1) is 11.3 Å². The lowest BCUT2D eigenvalue weighted by Gasteiger charge is -2.47. The molecule has 45 heavy (non-hydrogen) atoms. The number of rotatable bonds is 9. The SMILES string of the molecule is CC(C)(C)NC(=O)C1(C2CCCCC2)CCN(NC(=O)[C@@H](Cc2ccc(Cl)cc2)NCC2CCCN2C(=O)OC(C)(C)C)CC1. The summed E-state index contributed by atoms with van der Waals surface area (Å²) in [5, 5.41) is 9.43. The van der Waals surface area contributed by atoms with Crippen LogP contribution >= 0.6 is 11.6 Å². The van der Waals surface area contributed by atoms with Gasteiger partial charge in [-0.1, -0.05) is 43.0 Å². The summed E-state index contributed by atoms with van der Waals surface area (Å²) in [7, 11) is 0. The molecule has 3 aliphatic rings. The molecule has 1 saturated carbocycles. The van der Waals surface area contributed by atoms with Crippen molar-refractivity contribution in [1.82, 2.24) is 26.0 Å². The van der Waals surface area contributed by atoms with Crippen LogP contribution in [0.3, 0.4) is 0 Å². The summed E-state index contributed by atoms with van der Waals surface area (Å²) >= 11 is 6.14. The van der Waals surface area contributed by atoms with Crippen LogP contribution in [0.4, 0.5) is 4.79 Å². The van der Waals surface area contributed by atoms with Gasteiger partial charge >= 0.3 is 6.09 Å². The van der Waals surface area contributed by atoms with Crippen molar-refractivity contribution in [2.75, 3.05) is 26.2 Å². The molecular weight excluding hydrogens is 590 g/mol. The highest BCUT2D eigenvalue weighted by molar-refractivity contribution is 6.30. The number of carbonyl (C=O) groups excluding carboxylic acids is 3. The normalized spacial score (nSPS) is 22.1. The van der Waals surface area contributed by atoms with Crippen LogP contribution in [-0.4, -0.2) is 77.2 Å². The molecule has 10 heteroatoms. The molecule has 9 nitrogen and oxygen atoms in total. The van der Waals surface area contributed by atoms with Gasteiger partial charge in [0.25, 0.3) is 5.91 Å². The van der Waals surface area contributed by atoms with E-state index in [1.165, 1.54) is 19.3 Å². The highest BCUT2D eigenvalue weighted by Gasteiger charge is 2.48. The lowest BCUT2D eigenvalue weighted by atomic mass is 9.63. The fourth-order valence-corrected chi connectivity index (χ4v) is 7.32. The van der Waals surface area contributed by atoms with E-state index in [1.54, 1.807) is 4.90 Å². The van der Waals surface area contributed by atoms with Crippen LogP contribution in [0.5, 0.6) is 0 Å². The smallest absolute Gasteiger partial charge is 0.410 e. The monoisotopic (exact) mass is 645 g/mol. The van der Waals surface area contributed by atoms with Gasteiger partial charge < -0.3 is 20.3 Å². The average Bonchev–Trinajstić information content (AvgIpc) is 3.44. The van der Waals surface area contributed by atoms with E-state index >= 15 is 0 Å². The van der Waals surface area contributed by atoms with Gasteiger partial charge in [0.15, 0.2) is 0 Å². The van der Waals surface area contributed by atoms with E-state index < -0.39 is 17.1 Å². The van der Waals surface area contributed by atoms with E-state index in [0.29, 0.717) is 43.5 Å². The van der Waals surface area contributed by atoms with Gasteiger partial charge in [-0.05, 0) is 110 Å². The summed E-state index contributed by atoms with van der Waals surface area (Å²) in [5.41, 5.74) is 2.93. The Labute approximate surface area is 275 Å². The number of hydrogen-bond donors (Lipinski definition) is 3. The highest BCUT2D eigenvalue weighted by Crippen LogP contribution is 2.46. The van der Waals surface area contributed by atoms with Crippen molar-refractivity contribution in [2.45, 2.75) is 129 Å². The number of nitrogens with one attached hydrogen (secondary N) is 3. The molecule has 2 saturated heterocycles. The lowest BCUT2D eigenvalue weighted by Crippen LogP contribution is -2.60. The minimum absolute atomic E-state index is 0.0483. The average molecular weight is 646 g/mol. The maximum atomic E-state index is 13.8. The molecule has 3 fully saturated rings. The van der Waals surface area contributed by atoms with Gasteiger partial charge in [-0.3, -0.25) is 15.0 Å². The zero-order valence-corrected chi connectivity index (χ0v) is 29.1. The van der Waals surface area contributed by atoms with Gasteiger partial charge in [0.2, 0.25) is 5.91 Å². The molecule has 2 aliphatic heterocycles. The van der Waals surface area contributed by atoms with Crippen molar-refractivity contribution in [1.29, 1.82) is 0 Å². The quantitative estimate of drug-likeness (QED) is 0.312. The van der Waals surface area contributed by atoms with Crippen LogP contribution in [0.2, 0.25) is 5.02 Å². The van der Waals surface area contributed by atoms with E-state index in [2.05, 4.69) is 16.1 Å². The number of halogens is 1. The summed E-state index contributed by atoms with van der Waals surface area (Å²) in [6.45, 7) is 14.1. The van der Waals surface area contributed by atoms with Crippen molar-refractivity contribution in [2.24, 2.45) is 11.3 Å². The van der Waals surface area contributed by atoms with E-state index in [1.807, 2.05) is 70.8 Å². The molecule has 252 valence electrons. The van der Waals surface area contributed by atoms with Gasteiger partial charge in [0, 0.05) is 42.8 Å². The molecule has 1 unspecified atom stereocenters. The molecule has 3 N–H and O–H groups in total. The largest absolute Gasteiger partial charge is 0.444 e. The van der Waals surface area contributed by atoms with Gasteiger partial charge in [-0.25, -0.2) is 9.80 Å². The van der Waals surface area contributed by atoms with Crippen LogP contribution in [0.25, 0.3) is 0 Å². The maximum Gasteiger partial charge on any atom is 0.410 e. The highest BCUT2D eigenvalue weighted by atomic mass is 35.5. The molecule has 0 bridgehead atoms. The van der Waals surface area contributed by atoms with E-state index in [4.69, 9.17) is 16.3 Å². The number of piperidine rings is 1. The number of hydrazine groups is 1. The predicted octanol–water partition coefficient (Wildman–Crippen LogP) is 5.85. The number of likely N-dealkylation sites (tertiary alicyclic amines) is 1. The van der Waals surface area contributed by atoms with Crippen molar-refractivity contribution in [3.05, 3.63) is 34.9 Å². The topological polar surface area (TPSA) is 103 Å². The van der Waals surface area contributed by atoms with Gasteiger partial charge in [-0.2, -0.15) is 0 Å². The molecule has 1 aromatic rings. The van der Waals surface area contributed by atoms with Crippen LogP contribution in [-0.2, 0) is 20.7 Å². The fraction of sp³-hybridized carbons (Fsp3) is 0.743. The Bertz CT molecular complexity index is 1150. The molecule has 1 aromatic carbocycles. The Balaban J connectivity index is 1.42. The first kappa shape index (κ1) is 35.5. The fourth-order valence-electron chi connectivity index (χ4n) is 7.19. The van der Waals surface area contributed by atoms with Crippen molar-refractivity contribution in [3.63, 3.8) is 0 Å². The van der Waals surface area contributed by atoms with E-state index in [-0.39, 0.29) is 29.5 Å². The molecule has 0 aromatic heterocycles. The van der Waals surface area contributed by atoms with Crippen molar-refractivity contribution < 1.29 is 19.1 Å². The third-order valence-corrected chi connectivity index (χ3v) is 9.78. The Hall–Kier alpha value is -2.36. The Morgan fingerprint density at radius 2 is 1.58 bits per heavy atom.